The highest BCUT2D eigenvalue weighted by molar-refractivity contribution is 5.94. The molecular formula is C14H18N2O4. The van der Waals surface area contributed by atoms with Gasteiger partial charge in [0, 0.05) is 13.1 Å². The number of nitrogens with one attached hydrogen (secondary N) is 1. The first kappa shape index (κ1) is 14.2. The second-order valence-electron chi connectivity index (χ2n) is 4.89. The molecule has 1 heterocycles. The normalized spacial score (nSPS) is 17.9. The molecule has 1 aromatic rings. The van der Waals surface area contributed by atoms with Crippen LogP contribution in [0.15, 0.2) is 18.2 Å². The summed E-state index contributed by atoms with van der Waals surface area (Å²) in [5.74, 6) is -0.937. The number of methoxy groups -OCH3 is 1. The third kappa shape index (κ3) is 3.01. The Kier molecular flexibility index (Phi) is 4.12. The van der Waals surface area contributed by atoms with Crippen molar-refractivity contribution in [2.75, 3.05) is 25.1 Å². The van der Waals surface area contributed by atoms with Gasteiger partial charge in [0.05, 0.1) is 24.4 Å². The molecule has 0 saturated carbocycles. The molecule has 1 unspecified atom stereocenters. The van der Waals surface area contributed by atoms with Gasteiger partial charge in [-0.3, -0.25) is 0 Å². The Morgan fingerprint density at radius 1 is 1.45 bits per heavy atom. The standard InChI is InChI=1S/C14H18N2O4/c1-9-3-4-12(11(7-9)13(17)18)16-6-5-10(8-16)15-14(19)20-2/h3-4,7,10H,5-6,8H2,1-2H3,(H,15,19)(H,17,18). The first-order chi connectivity index (χ1) is 9.51. The van der Waals surface area contributed by atoms with Gasteiger partial charge in [-0.1, -0.05) is 11.6 Å². The molecule has 2 N–H and O–H groups in total. The van der Waals surface area contributed by atoms with Gasteiger partial charge >= 0.3 is 12.1 Å². The summed E-state index contributed by atoms with van der Waals surface area (Å²) in [6.07, 6.45) is 0.307. The summed E-state index contributed by atoms with van der Waals surface area (Å²) in [6.45, 7) is 3.15. The lowest BCUT2D eigenvalue weighted by atomic mass is 10.1. The number of nitrogens with zero attached hydrogens (tertiary/aromatic N) is 1. The fourth-order valence-electron chi connectivity index (χ4n) is 2.42. The molecule has 20 heavy (non-hydrogen) atoms. The van der Waals surface area contributed by atoms with E-state index in [-0.39, 0.29) is 6.04 Å². The van der Waals surface area contributed by atoms with E-state index >= 15 is 0 Å². The third-order valence-electron chi connectivity index (χ3n) is 3.42. The van der Waals surface area contributed by atoms with Crippen molar-refractivity contribution in [3.05, 3.63) is 29.3 Å². The Morgan fingerprint density at radius 2 is 2.20 bits per heavy atom. The summed E-state index contributed by atoms with van der Waals surface area (Å²) in [5, 5.41) is 12.0. The molecule has 0 bridgehead atoms. The largest absolute Gasteiger partial charge is 0.478 e. The maximum Gasteiger partial charge on any atom is 0.407 e. The van der Waals surface area contributed by atoms with Gasteiger partial charge in [-0.2, -0.15) is 0 Å². The summed E-state index contributed by atoms with van der Waals surface area (Å²) < 4.78 is 4.57. The van der Waals surface area contributed by atoms with Crippen molar-refractivity contribution in [1.29, 1.82) is 0 Å². The van der Waals surface area contributed by atoms with Crippen molar-refractivity contribution in [2.45, 2.75) is 19.4 Å². The summed E-state index contributed by atoms with van der Waals surface area (Å²) in [5.41, 5.74) is 1.90. The summed E-state index contributed by atoms with van der Waals surface area (Å²) in [4.78, 5) is 24.5. The lowest BCUT2D eigenvalue weighted by Crippen LogP contribution is -2.37. The lowest BCUT2D eigenvalue weighted by Gasteiger charge is -2.21. The number of carboxylic acids is 1. The number of hydrogen-bond donors (Lipinski definition) is 2. The molecular weight excluding hydrogens is 260 g/mol. The molecule has 1 amide bonds. The van der Waals surface area contributed by atoms with Crippen LogP contribution < -0.4 is 10.2 Å². The predicted octanol–water partition coefficient (Wildman–Crippen LogP) is 1.63. The zero-order chi connectivity index (χ0) is 14.7. The number of aromatic carboxylic acids is 1. The molecule has 1 aromatic carbocycles. The van der Waals surface area contributed by atoms with E-state index in [4.69, 9.17) is 0 Å². The molecule has 1 atom stereocenters. The number of carbonyl (C=O) groups is 2. The minimum absolute atomic E-state index is 0.0228. The highest BCUT2D eigenvalue weighted by atomic mass is 16.5. The van der Waals surface area contributed by atoms with Gasteiger partial charge in [-0.05, 0) is 25.5 Å². The molecule has 6 nitrogen and oxygen atoms in total. The molecule has 0 radical (unpaired) electrons. The van der Waals surface area contributed by atoms with Gasteiger partial charge in [-0.15, -0.1) is 0 Å². The van der Waals surface area contributed by atoms with E-state index in [9.17, 15) is 14.7 Å². The minimum atomic E-state index is -0.937. The van der Waals surface area contributed by atoms with Crippen LogP contribution in [0.5, 0.6) is 0 Å². The highest BCUT2D eigenvalue weighted by Gasteiger charge is 2.26. The van der Waals surface area contributed by atoms with E-state index in [1.807, 2.05) is 24.0 Å². The van der Waals surface area contributed by atoms with E-state index < -0.39 is 12.1 Å². The summed E-state index contributed by atoms with van der Waals surface area (Å²) in [7, 11) is 1.32. The van der Waals surface area contributed by atoms with Gasteiger partial charge in [-0.25, -0.2) is 9.59 Å². The maximum absolute atomic E-state index is 11.3. The van der Waals surface area contributed by atoms with Gasteiger partial charge in [0.1, 0.15) is 0 Å². The Morgan fingerprint density at radius 3 is 2.85 bits per heavy atom. The van der Waals surface area contributed by atoms with Crippen LogP contribution in [-0.2, 0) is 4.74 Å². The third-order valence-corrected chi connectivity index (χ3v) is 3.42. The molecule has 1 saturated heterocycles. The molecule has 0 aromatic heterocycles. The Hall–Kier alpha value is -2.24. The van der Waals surface area contributed by atoms with E-state index in [2.05, 4.69) is 10.1 Å². The molecule has 1 aliphatic rings. The number of alkyl carbamates (subject to hydrolysis) is 1. The monoisotopic (exact) mass is 278 g/mol. The van der Waals surface area contributed by atoms with Gasteiger partial charge in [0.2, 0.25) is 0 Å². The zero-order valence-electron chi connectivity index (χ0n) is 11.5. The van der Waals surface area contributed by atoms with Crippen LogP contribution in [0.2, 0.25) is 0 Å². The second-order valence-corrected chi connectivity index (χ2v) is 4.89. The average Bonchev–Trinajstić information content (AvgIpc) is 2.86. The van der Waals surface area contributed by atoms with Crippen molar-refractivity contribution >= 4 is 17.7 Å². The Labute approximate surface area is 117 Å². The van der Waals surface area contributed by atoms with Crippen molar-refractivity contribution in [3.63, 3.8) is 0 Å². The number of benzene rings is 1. The number of ether oxygens (including phenoxy) is 1. The number of amides is 1. The van der Waals surface area contributed by atoms with Crippen LogP contribution in [0.4, 0.5) is 10.5 Å². The van der Waals surface area contributed by atoms with Gasteiger partial charge in [0.25, 0.3) is 0 Å². The molecule has 6 heteroatoms. The predicted molar refractivity (Wildman–Crippen MR) is 74.3 cm³/mol. The minimum Gasteiger partial charge on any atom is -0.478 e. The van der Waals surface area contributed by atoms with E-state index in [1.54, 1.807) is 6.07 Å². The van der Waals surface area contributed by atoms with Crippen LogP contribution in [0.25, 0.3) is 0 Å². The number of carboxylic acid groups (broad SMARTS) is 1. The van der Waals surface area contributed by atoms with Crippen molar-refractivity contribution in [1.82, 2.24) is 5.32 Å². The van der Waals surface area contributed by atoms with Crippen LogP contribution in [0.3, 0.4) is 0 Å². The Balaban J connectivity index is 2.14. The zero-order valence-corrected chi connectivity index (χ0v) is 11.5. The van der Waals surface area contributed by atoms with E-state index in [0.717, 1.165) is 12.0 Å². The van der Waals surface area contributed by atoms with Crippen molar-refractivity contribution < 1.29 is 19.4 Å². The van der Waals surface area contributed by atoms with E-state index in [0.29, 0.717) is 24.3 Å². The lowest BCUT2D eigenvalue weighted by molar-refractivity contribution is 0.0697. The Bertz CT molecular complexity index is 530. The van der Waals surface area contributed by atoms with Gasteiger partial charge < -0.3 is 20.1 Å². The molecule has 108 valence electrons. The number of rotatable bonds is 3. The van der Waals surface area contributed by atoms with Gasteiger partial charge in [0.15, 0.2) is 0 Å². The first-order valence-electron chi connectivity index (χ1n) is 6.44. The number of anilines is 1. The van der Waals surface area contributed by atoms with Crippen molar-refractivity contribution in [2.24, 2.45) is 0 Å². The van der Waals surface area contributed by atoms with E-state index in [1.165, 1.54) is 7.11 Å². The molecule has 1 aliphatic heterocycles. The van der Waals surface area contributed by atoms with Crippen LogP contribution in [-0.4, -0.2) is 43.4 Å². The molecule has 0 spiro atoms. The first-order valence-corrected chi connectivity index (χ1v) is 6.44. The molecule has 1 fully saturated rings. The maximum atomic E-state index is 11.3. The topological polar surface area (TPSA) is 78.9 Å². The highest BCUT2D eigenvalue weighted by Crippen LogP contribution is 2.26. The number of hydrogen-bond acceptors (Lipinski definition) is 4. The molecule has 0 aliphatic carbocycles. The smallest absolute Gasteiger partial charge is 0.407 e. The van der Waals surface area contributed by atoms with Crippen LogP contribution in [0, 0.1) is 6.92 Å². The fraction of sp³-hybridized carbons (Fsp3) is 0.429. The average molecular weight is 278 g/mol. The number of aryl methyl sites for hydroxylation is 1. The van der Waals surface area contributed by atoms with Crippen molar-refractivity contribution in [3.8, 4) is 0 Å². The SMILES string of the molecule is COC(=O)NC1CCN(c2ccc(C)cc2C(=O)O)C1. The quantitative estimate of drug-likeness (QED) is 0.878. The molecule has 2 rings (SSSR count). The van der Waals surface area contributed by atoms with Crippen LogP contribution in [0.1, 0.15) is 22.3 Å². The fourth-order valence-corrected chi connectivity index (χ4v) is 2.42. The number of carbonyl (C=O) groups excluding carboxylic acids is 1. The summed E-state index contributed by atoms with van der Waals surface area (Å²) >= 11 is 0. The second kappa shape index (κ2) is 5.81. The van der Waals surface area contributed by atoms with Crippen LogP contribution >= 0.6 is 0 Å². The summed E-state index contributed by atoms with van der Waals surface area (Å²) in [6, 6.07) is 5.35.